The molecule has 0 amide bonds. The molecular weight excluding hydrogens is 233 g/mol. The van der Waals surface area contributed by atoms with E-state index in [4.69, 9.17) is 4.74 Å². The summed E-state index contributed by atoms with van der Waals surface area (Å²) in [5.41, 5.74) is 0.670. The van der Waals surface area contributed by atoms with Crippen molar-refractivity contribution in [2.75, 3.05) is 20.2 Å². The molecule has 1 aliphatic heterocycles. The molecule has 0 N–H and O–H groups in total. The van der Waals surface area contributed by atoms with E-state index in [-0.39, 0.29) is 11.8 Å². The molecule has 98 valence electrons. The summed E-state index contributed by atoms with van der Waals surface area (Å²) in [5.74, 6) is -0.638. The van der Waals surface area contributed by atoms with Gasteiger partial charge < -0.3 is 4.74 Å². The maximum absolute atomic E-state index is 13.3. The van der Waals surface area contributed by atoms with Crippen LogP contribution in [0.3, 0.4) is 0 Å². The van der Waals surface area contributed by atoms with E-state index < -0.39 is 6.04 Å². The van der Waals surface area contributed by atoms with Crippen molar-refractivity contribution in [2.45, 2.75) is 25.3 Å². The molecule has 1 atom stereocenters. The zero-order valence-corrected chi connectivity index (χ0v) is 10.6. The van der Waals surface area contributed by atoms with Crippen LogP contribution < -0.4 is 0 Å². The van der Waals surface area contributed by atoms with Crippen LogP contribution in [-0.2, 0) is 9.53 Å². The number of ether oxygens (including phenoxy) is 1. The van der Waals surface area contributed by atoms with Crippen LogP contribution in [0.1, 0.15) is 30.9 Å². The number of piperidine rings is 1. The molecule has 0 radical (unpaired) electrons. The molecule has 0 bridgehead atoms. The Balaban J connectivity index is 2.26. The van der Waals surface area contributed by atoms with Crippen LogP contribution in [0.5, 0.6) is 0 Å². The number of hydrogen-bond acceptors (Lipinski definition) is 3. The van der Waals surface area contributed by atoms with Gasteiger partial charge in [-0.15, -0.1) is 0 Å². The molecule has 0 spiro atoms. The average Bonchev–Trinajstić information content (AvgIpc) is 2.40. The molecule has 18 heavy (non-hydrogen) atoms. The van der Waals surface area contributed by atoms with Crippen LogP contribution in [-0.4, -0.2) is 31.1 Å². The van der Waals surface area contributed by atoms with E-state index in [1.165, 1.54) is 25.7 Å². The van der Waals surface area contributed by atoms with E-state index in [2.05, 4.69) is 4.90 Å². The Bertz CT molecular complexity index is 416. The van der Waals surface area contributed by atoms with Crippen molar-refractivity contribution in [2.24, 2.45) is 0 Å². The van der Waals surface area contributed by atoms with Crippen LogP contribution in [0.25, 0.3) is 0 Å². The zero-order valence-electron chi connectivity index (χ0n) is 10.6. The summed E-state index contributed by atoms with van der Waals surface area (Å²) in [7, 11) is 1.37. The number of rotatable bonds is 3. The van der Waals surface area contributed by atoms with Crippen molar-refractivity contribution in [3.05, 3.63) is 35.6 Å². The Kier molecular flexibility index (Phi) is 4.31. The van der Waals surface area contributed by atoms with Gasteiger partial charge in [0.2, 0.25) is 0 Å². The first-order chi connectivity index (χ1) is 8.72. The van der Waals surface area contributed by atoms with E-state index >= 15 is 0 Å². The molecule has 1 aromatic rings. The summed E-state index contributed by atoms with van der Waals surface area (Å²) < 4.78 is 18.1. The second kappa shape index (κ2) is 5.96. The van der Waals surface area contributed by atoms with Gasteiger partial charge in [0.25, 0.3) is 0 Å². The number of nitrogens with zero attached hydrogens (tertiary/aromatic N) is 1. The van der Waals surface area contributed by atoms with Gasteiger partial charge in [-0.2, -0.15) is 0 Å². The quantitative estimate of drug-likeness (QED) is 0.773. The number of esters is 1. The molecule has 4 heteroatoms. The Morgan fingerprint density at radius 1 is 1.33 bits per heavy atom. The highest BCUT2D eigenvalue weighted by atomic mass is 19.1. The van der Waals surface area contributed by atoms with Crippen molar-refractivity contribution < 1.29 is 13.9 Å². The van der Waals surface area contributed by atoms with Gasteiger partial charge in [-0.3, -0.25) is 4.90 Å². The summed E-state index contributed by atoms with van der Waals surface area (Å²) in [6.45, 7) is 1.71. The minimum absolute atomic E-state index is 0.317. The van der Waals surface area contributed by atoms with Crippen LogP contribution in [0.2, 0.25) is 0 Å². The van der Waals surface area contributed by atoms with Crippen LogP contribution >= 0.6 is 0 Å². The first-order valence-corrected chi connectivity index (χ1v) is 6.29. The molecular formula is C14H18FNO2. The van der Waals surface area contributed by atoms with E-state index in [9.17, 15) is 9.18 Å². The number of carbonyl (C=O) groups is 1. The lowest BCUT2D eigenvalue weighted by Gasteiger charge is -2.32. The van der Waals surface area contributed by atoms with Crippen molar-refractivity contribution in [3.63, 3.8) is 0 Å². The van der Waals surface area contributed by atoms with Gasteiger partial charge in [0.15, 0.2) is 0 Å². The molecule has 1 aromatic carbocycles. The number of benzene rings is 1. The number of methoxy groups -OCH3 is 1. The Morgan fingerprint density at radius 3 is 2.67 bits per heavy atom. The third-order valence-corrected chi connectivity index (χ3v) is 3.34. The molecule has 0 aliphatic carbocycles. The van der Waals surface area contributed by atoms with Crippen molar-refractivity contribution >= 4 is 5.97 Å². The SMILES string of the molecule is COC(=O)C(c1cccc(F)c1)N1CCCCC1. The van der Waals surface area contributed by atoms with Crippen LogP contribution in [0.15, 0.2) is 24.3 Å². The fraction of sp³-hybridized carbons (Fsp3) is 0.500. The normalized spacial score (nSPS) is 18.3. The van der Waals surface area contributed by atoms with E-state index in [1.54, 1.807) is 12.1 Å². The Morgan fingerprint density at radius 2 is 2.06 bits per heavy atom. The summed E-state index contributed by atoms with van der Waals surface area (Å²) in [6.07, 6.45) is 3.33. The lowest BCUT2D eigenvalue weighted by Crippen LogP contribution is -2.38. The highest BCUT2D eigenvalue weighted by molar-refractivity contribution is 5.77. The Hall–Kier alpha value is -1.42. The average molecular weight is 251 g/mol. The summed E-state index contributed by atoms with van der Waals surface area (Å²) in [6, 6.07) is 5.72. The monoisotopic (exact) mass is 251 g/mol. The van der Waals surface area contributed by atoms with E-state index in [0.29, 0.717) is 5.56 Å². The highest BCUT2D eigenvalue weighted by Gasteiger charge is 2.29. The Labute approximate surface area is 107 Å². The molecule has 2 rings (SSSR count). The predicted molar refractivity (Wildman–Crippen MR) is 66.6 cm³/mol. The number of likely N-dealkylation sites (tertiary alicyclic amines) is 1. The predicted octanol–water partition coefficient (Wildman–Crippen LogP) is 2.53. The minimum atomic E-state index is -0.481. The third kappa shape index (κ3) is 2.88. The number of hydrogen-bond donors (Lipinski definition) is 0. The minimum Gasteiger partial charge on any atom is -0.468 e. The lowest BCUT2D eigenvalue weighted by molar-refractivity contribution is -0.147. The maximum Gasteiger partial charge on any atom is 0.327 e. The molecule has 1 aliphatic rings. The topological polar surface area (TPSA) is 29.5 Å². The van der Waals surface area contributed by atoms with Gasteiger partial charge in [0.1, 0.15) is 11.9 Å². The van der Waals surface area contributed by atoms with Gasteiger partial charge in [0, 0.05) is 0 Å². The fourth-order valence-electron chi connectivity index (χ4n) is 2.46. The molecule has 3 nitrogen and oxygen atoms in total. The van der Waals surface area contributed by atoms with Crippen LogP contribution in [0.4, 0.5) is 4.39 Å². The first-order valence-electron chi connectivity index (χ1n) is 6.29. The second-order valence-electron chi connectivity index (χ2n) is 4.58. The summed E-state index contributed by atoms with van der Waals surface area (Å²) >= 11 is 0. The molecule has 1 saturated heterocycles. The molecule has 1 fully saturated rings. The first kappa shape index (κ1) is 13.0. The van der Waals surface area contributed by atoms with Gasteiger partial charge >= 0.3 is 5.97 Å². The molecule has 1 heterocycles. The smallest absolute Gasteiger partial charge is 0.327 e. The van der Waals surface area contributed by atoms with Crippen molar-refractivity contribution in [3.8, 4) is 0 Å². The highest BCUT2D eigenvalue weighted by Crippen LogP contribution is 2.26. The summed E-state index contributed by atoms with van der Waals surface area (Å²) in [5, 5.41) is 0. The standard InChI is InChI=1S/C14H18FNO2/c1-18-14(17)13(16-8-3-2-4-9-16)11-6-5-7-12(15)10-11/h5-7,10,13H,2-4,8-9H2,1H3. The molecule has 0 saturated carbocycles. The third-order valence-electron chi connectivity index (χ3n) is 3.34. The van der Waals surface area contributed by atoms with Gasteiger partial charge in [-0.05, 0) is 43.6 Å². The van der Waals surface area contributed by atoms with Crippen molar-refractivity contribution in [1.29, 1.82) is 0 Å². The zero-order chi connectivity index (χ0) is 13.0. The second-order valence-corrected chi connectivity index (χ2v) is 4.58. The van der Waals surface area contributed by atoms with Gasteiger partial charge in [-0.1, -0.05) is 18.6 Å². The number of halogens is 1. The van der Waals surface area contributed by atoms with E-state index in [0.717, 1.165) is 25.9 Å². The van der Waals surface area contributed by atoms with Crippen molar-refractivity contribution in [1.82, 2.24) is 4.90 Å². The number of carbonyl (C=O) groups excluding carboxylic acids is 1. The lowest BCUT2D eigenvalue weighted by atomic mass is 10.0. The van der Waals surface area contributed by atoms with E-state index in [1.807, 2.05) is 0 Å². The van der Waals surface area contributed by atoms with Gasteiger partial charge in [-0.25, -0.2) is 9.18 Å². The molecule has 0 aromatic heterocycles. The van der Waals surface area contributed by atoms with Crippen LogP contribution in [0, 0.1) is 5.82 Å². The fourth-order valence-corrected chi connectivity index (χ4v) is 2.46. The molecule has 1 unspecified atom stereocenters. The van der Waals surface area contributed by atoms with Gasteiger partial charge in [0.05, 0.1) is 7.11 Å². The maximum atomic E-state index is 13.3. The summed E-state index contributed by atoms with van der Waals surface area (Å²) in [4.78, 5) is 14.0. The largest absolute Gasteiger partial charge is 0.468 e.